The molecule has 0 spiro atoms. The smallest absolute Gasteiger partial charge is 0.243 e. The van der Waals surface area contributed by atoms with E-state index in [-0.39, 0.29) is 5.91 Å². The van der Waals surface area contributed by atoms with Crippen LogP contribution in [0.25, 0.3) is 0 Å². The molecule has 0 N–H and O–H groups in total. The molecule has 3 nitrogen and oxygen atoms in total. The van der Waals surface area contributed by atoms with Crippen molar-refractivity contribution in [2.75, 3.05) is 6.54 Å². The van der Waals surface area contributed by atoms with Gasteiger partial charge in [-0.3, -0.25) is 4.79 Å². The third-order valence-corrected chi connectivity index (χ3v) is 3.79. The number of nitriles is 1. The van der Waals surface area contributed by atoms with Gasteiger partial charge in [0, 0.05) is 12.6 Å². The molecule has 0 saturated carbocycles. The first-order chi connectivity index (χ1) is 8.11. The van der Waals surface area contributed by atoms with Gasteiger partial charge in [-0.1, -0.05) is 26.7 Å². The van der Waals surface area contributed by atoms with Crippen molar-refractivity contribution in [1.29, 1.82) is 5.26 Å². The maximum atomic E-state index is 12.6. The van der Waals surface area contributed by atoms with Crippen LogP contribution in [0, 0.1) is 16.7 Å². The SMILES string of the molecule is CCCC(C#N)(CCC)C(=O)N1CCCC1C. The number of amides is 1. The summed E-state index contributed by atoms with van der Waals surface area (Å²) < 4.78 is 0. The lowest BCUT2D eigenvalue weighted by Crippen LogP contribution is -2.44. The van der Waals surface area contributed by atoms with Gasteiger partial charge in [-0.25, -0.2) is 0 Å². The summed E-state index contributed by atoms with van der Waals surface area (Å²) in [5.41, 5.74) is -0.762. The molecule has 1 aliphatic heterocycles. The van der Waals surface area contributed by atoms with Gasteiger partial charge in [0.1, 0.15) is 5.41 Å². The van der Waals surface area contributed by atoms with Crippen molar-refractivity contribution < 1.29 is 4.79 Å². The van der Waals surface area contributed by atoms with Crippen LogP contribution in [0.4, 0.5) is 0 Å². The van der Waals surface area contributed by atoms with Crippen LogP contribution in [0.2, 0.25) is 0 Å². The van der Waals surface area contributed by atoms with Gasteiger partial charge in [0.2, 0.25) is 5.91 Å². The molecule has 1 saturated heterocycles. The highest BCUT2D eigenvalue weighted by Crippen LogP contribution is 2.34. The largest absolute Gasteiger partial charge is 0.339 e. The lowest BCUT2D eigenvalue weighted by molar-refractivity contribution is -0.140. The van der Waals surface area contributed by atoms with Gasteiger partial charge in [-0.05, 0) is 32.6 Å². The number of rotatable bonds is 5. The van der Waals surface area contributed by atoms with Crippen molar-refractivity contribution in [3.63, 3.8) is 0 Å². The first kappa shape index (κ1) is 14.0. The minimum atomic E-state index is -0.762. The lowest BCUT2D eigenvalue weighted by atomic mass is 9.79. The second-order valence-corrected chi connectivity index (χ2v) is 5.18. The number of likely N-dealkylation sites (tertiary alicyclic amines) is 1. The Balaban J connectivity index is 2.89. The summed E-state index contributed by atoms with van der Waals surface area (Å²) in [7, 11) is 0. The van der Waals surface area contributed by atoms with Crippen LogP contribution >= 0.6 is 0 Å². The Morgan fingerprint density at radius 2 is 2.00 bits per heavy atom. The van der Waals surface area contributed by atoms with E-state index in [1.165, 1.54) is 0 Å². The van der Waals surface area contributed by atoms with E-state index in [0.717, 1.165) is 32.2 Å². The molecule has 0 aromatic rings. The standard InChI is InChI=1S/C14H24N2O/c1-4-8-14(11-15,9-5-2)13(17)16-10-6-7-12(16)3/h12H,4-10H2,1-3H3. The van der Waals surface area contributed by atoms with Gasteiger partial charge in [0.15, 0.2) is 0 Å². The predicted octanol–water partition coefficient (Wildman–Crippen LogP) is 3.11. The van der Waals surface area contributed by atoms with Crippen LogP contribution in [0.3, 0.4) is 0 Å². The topological polar surface area (TPSA) is 44.1 Å². The zero-order valence-electron chi connectivity index (χ0n) is 11.3. The van der Waals surface area contributed by atoms with Gasteiger partial charge in [0.05, 0.1) is 6.07 Å². The molecular weight excluding hydrogens is 212 g/mol. The highest BCUT2D eigenvalue weighted by Gasteiger charge is 2.42. The molecule has 17 heavy (non-hydrogen) atoms. The van der Waals surface area contributed by atoms with Crippen molar-refractivity contribution >= 4 is 5.91 Å². The van der Waals surface area contributed by atoms with Gasteiger partial charge in [0.25, 0.3) is 0 Å². The van der Waals surface area contributed by atoms with Gasteiger partial charge >= 0.3 is 0 Å². The number of carbonyl (C=O) groups is 1. The fourth-order valence-electron chi connectivity index (χ4n) is 2.86. The molecule has 1 heterocycles. The maximum Gasteiger partial charge on any atom is 0.243 e. The second kappa shape index (κ2) is 6.05. The Bertz CT molecular complexity index is 300. The fraction of sp³-hybridized carbons (Fsp3) is 0.857. The molecule has 1 fully saturated rings. The number of hydrogen-bond acceptors (Lipinski definition) is 2. The first-order valence-corrected chi connectivity index (χ1v) is 6.83. The van der Waals surface area contributed by atoms with Gasteiger partial charge < -0.3 is 4.90 Å². The van der Waals surface area contributed by atoms with Crippen molar-refractivity contribution in [2.24, 2.45) is 5.41 Å². The molecule has 96 valence electrons. The van der Waals surface area contributed by atoms with E-state index < -0.39 is 5.41 Å². The van der Waals surface area contributed by atoms with E-state index in [1.54, 1.807) is 0 Å². The molecule has 0 radical (unpaired) electrons. The van der Waals surface area contributed by atoms with Crippen molar-refractivity contribution in [3.05, 3.63) is 0 Å². The molecule has 1 aliphatic rings. The molecule has 3 heteroatoms. The third-order valence-electron chi connectivity index (χ3n) is 3.79. The third kappa shape index (κ3) is 2.80. The number of hydrogen-bond donors (Lipinski definition) is 0. The summed E-state index contributed by atoms with van der Waals surface area (Å²) in [6.45, 7) is 7.01. The van der Waals surface area contributed by atoms with Gasteiger partial charge in [-0.15, -0.1) is 0 Å². The summed E-state index contributed by atoms with van der Waals surface area (Å²) in [4.78, 5) is 14.5. The van der Waals surface area contributed by atoms with E-state index in [4.69, 9.17) is 0 Å². The number of nitrogens with zero attached hydrogens (tertiary/aromatic N) is 2. The zero-order valence-corrected chi connectivity index (χ0v) is 11.3. The highest BCUT2D eigenvalue weighted by atomic mass is 16.2. The van der Waals surface area contributed by atoms with Crippen molar-refractivity contribution in [1.82, 2.24) is 4.90 Å². The van der Waals surface area contributed by atoms with E-state index in [9.17, 15) is 10.1 Å². The molecular formula is C14H24N2O. The Hall–Kier alpha value is -1.04. The predicted molar refractivity (Wildman–Crippen MR) is 68.3 cm³/mol. The van der Waals surface area contributed by atoms with Crippen LogP contribution in [0.15, 0.2) is 0 Å². The first-order valence-electron chi connectivity index (χ1n) is 6.83. The fourth-order valence-corrected chi connectivity index (χ4v) is 2.86. The van der Waals surface area contributed by atoms with Crippen LogP contribution in [-0.2, 0) is 4.79 Å². The Morgan fingerprint density at radius 3 is 2.35 bits per heavy atom. The summed E-state index contributed by atoms with van der Waals surface area (Å²) in [6, 6.07) is 2.63. The van der Waals surface area contributed by atoms with Crippen LogP contribution in [-0.4, -0.2) is 23.4 Å². The summed E-state index contributed by atoms with van der Waals surface area (Å²) >= 11 is 0. The van der Waals surface area contributed by atoms with Crippen LogP contribution in [0.5, 0.6) is 0 Å². The molecule has 0 aromatic carbocycles. The van der Waals surface area contributed by atoms with E-state index >= 15 is 0 Å². The highest BCUT2D eigenvalue weighted by molar-refractivity contribution is 5.86. The Kier molecular flexibility index (Phi) is 4.99. The maximum absolute atomic E-state index is 12.6. The van der Waals surface area contributed by atoms with E-state index in [0.29, 0.717) is 18.9 Å². The van der Waals surface area contributed by atoms with Crippen molar-refractivity contribution in [3.8, 4) is 6.07 Å². The zero-order chi connectivity index (χ0) is 12.9. The van der Waals surface area contributed by atoms with E-state index in [1.807, 2.05) is 18.7 Å². The number of carbonyl (C=O) groups excluding carboxylic acids is 1. The minimum absolute atomic E-state index is 0.0775. The molecule has 1 rings (SSSR count). The second-order valence-electron chi connectivity index (χ2n) is 5.18. The molecule has 1 atom stereocenters. The van der Waals surface area contributed by atoms with E-state index in [2.05, 4.69) is 13.0 Å². The quantitative estimate of drug-likeness (QED) is 0.736. The van der Waals surface area contributed by atoms with Gasteiger partial charge in [-0.2, -0.15) is 5.26 Å². The molecule has 0 bridgehead atoms. The Morgan fingerprint density at radius 1 is 1.41 bits per heavy atom. The summed E-state index contributed by atoms with van der Waals surface area (Å²) in [5, 5.41) is 9.46. The average molecular weight is 236 g/mol. The van der Waals surface area contributed by atoms with Crippen molar-refractivity contribution in [2.45, 2.75) is 65.3 Å². The lowest BCUT2D eigenvalue weighted by Gasteiger charge is -2.32. The minimum Gasteiger partial charge on any atom is -0.339 e. The summed E-state index contributed by atoms with van der Waals surface area (Å²) in [5.74, 6) is 0.0775. The summed E-state index contributed by atoms with van der Waals surface area (Å²) in [6.07, 6.45) is 5.32. The normalized spacial score (nSPS) is 20.4. The monoisotopic (exact) mass is 236 g/mol. The molecule has 0 aliphatic carbocycles. The molecule has 0 aromatic heterocycles. The average Bonchev–Trinajstić information content (AvgIpc) is 2.74. The van der Waals surface area contributed by atoms with Crippen LogP contribution < -0.4 is 0 Å². The Labute approximate surface area is 105 Å². The molecule has 1 unspecified atom stereocenters. The molecule has 1 amide bonds. The van der Waals surface area contributed by atoms with Crippen LogP contribution in [0.1, 0.15) is 59.3 Å².